The highest BCUT2D eigenvalue weighted by molar-refractivity contribution is 7.17. The van der Waals surface area contributed by atoms with Crippen molar-refractivity contribution < 1.29 is 0 Å². The topological polar surface area (TPSA) is 15.3 Å². The van der Waals surface area contributed by atoms with E-state index in [1.807, 2.05) is 11.3 Å². The summed E-state index contributed by atoms with van der Waals surface area (Å²) in [5.74, 6) is 1.40. The fraction of sp³-hybridized carbons (Fsp3) is 0.417. The zero-order valence-corrected chi connectivity index (χ0v) is 17.0. The molecule has 1 fully saturated rings. The van der Waals surface area contributed by atoms with Crippen LogP contribution in [0, 0.1) is 5.92 Å². The maximum absolute atomic E-state index is 3.64. The minimum atomic E-state index is 0.646. The summed E-state index contributed by atoms with van der Waals surface area (Å²) < 4.78 is 1.43. The number of fused-ring (bicyclic) bond motifs is 1. The highest BCUT2D eigenvalue weighted by Crippen LogP contribution is 2.39. The highest BCUT2D eigenvalue weighted by atomic mass is 32.1. The summed E-state index contributed by atoms with van der Waals surface area (Å²) in [5, 5.41) is 7.55. The van der Waals surface area contributed by atoms with Gasteiger partial charge in [0.25, 0.3) is 0 Å². The molecule has 0 saturated carbocycles. The summed E-state index contributed by atoms with van der Waals surface area (Å²) in [6.07, 6.45) is 3.89. The zero-order valence-electron chi connectivity index (χ0n) is 16.2. The first-order chi connectivity index (χ1) is 13.3. The first-order valence-electron chi connectivity index (χ1n) is 10.2. The molecule has 0 amide bonds. The lowest BCUT2D eigenvalue weighted by Crippen LogP contribution is -2.34. The van der Waals surface area contributed by atoms with Crippen molar-refractivity contribution in [3.63, 3.8) is 0 Å². The van der Waals surface area contributed by atoms with Crippen molar-refractivity contribution in [2.45, 2.75) is 31.7 Å². The molecule has 2 unspecified atom stereocenters. The van der Waals surface area contributed by atoms with Gasteiger partial charge in [0, 0.05) is 11.2 Å². The molecule has 1 N–H and O–H groups in total. The van der Waals surface area contributed by atoms with E-state index in [1.54, 1.807) is 5.56 Å². The van der Waals surface area contributed by atoms with Crippen molar-refractivity contribution in [2.75, 3.05) is 26.7 Å². The first-order valence-corrected chi connectivity index (χ1v) is 11.1. The van der Waals surface area contributed by atoms with Gasteiger partial charge in [-0.15, -0.1) is 11.3 Å². The van der Waals surface area contributed by atoms with Crippen LogP contribution in [0.2, 0.25) is 0 Å². The Morgan fingerprint density at radius 3 is 2.74 bits per heavy atom. The molecule has 2 heterocycles. The quantitative estimate of drug-likeness (QED) is 0.583. The van der Waals surface area contributed by atoms with Crippen molar-refractivity contribution >= 4 is 21.4 Å². The van der Waals surface area contributed by atoms with Gasteiger partial charge in [0.1, 0.15) is 0 Å². The Hall–Kier alpha value is -1.68. The molecule has 1 saturated heterocycles. The standard InChI is InChI=1S/C24H30N2S/c1-26(17-19-8-3-2-4-9-19)15-13-21(20-10-7-14-25-16-20)23-18-27-24-12-6-5-11-22(23)24/h2-6,8-9,11-12,18,20-21,25H,7,10,13-17H2,1H3. The number of benzene rings is 2. The largest absolute Gasteiger partial charge is 0.316 e. The second-order valence-corrected chi connectivity index (χ2v) is 8.82. The Bertz CT molecular complexity index is 836. The lowest BCUT2D eigenvalue weighted by atomic mass is 9.79. The SMILES string of the molecule is CN(CCC(c1csc2ccccc12)C1CCCNC1)Cc1ccccc1. The number of thiophene rings is 1. The van der Waals surface area contributed by atoms with E-state index < -0.39 is 0 Å². The Kier molecular flexibility index (Phi) is 6.23. The van der Waals surface area contributed by atoms with E-state index in [-0.39, 0.29) is 0 Å². The number of hydrogen-bond donors (Lipinski definition) is 1. The van der Waals surface area contributed by atoms with E-state index >= 15 is 0 Å². The summed E-state index contributed by atoms with van der Waals surface area (Å²) in [5.41, 5.74) is 2.98. The van der Waals surface area contributed by atoms with Crippen LogP contribution in [0.1, 0.15) is 36.3 Å². The number of nitrogens with zero attached hydrogens (tertiary/aromatic N) is 1. The van der Waals surface area contributed by atoms with E-state index in [4.69, 9.17) is 0 Å². The molecule has 3 aromatic rings. The fourth-order valence-corrected chi connectivity index (χ4v) is 5.51. The summed E-state index contributed by atoms with van der Waals surface area (Å²) in [7, 11) is 2.26. The molecule has 0 aliphatic carbocycles. The van der Waals surface area contributed by atoms with Gasteiger partial charge in [-0.3, -0.25) is 0 Å². The van der Waals surface area contributed by atoms with Crippen molar-refractivity contribution in [3.05, 3.63) is 71.1 Å². The summed E-state index contributed by atoms with van der Waals surface area (Å²) in [4.78, 5) is 2.48. The summed E-state index contributed by atoms with van der Waals surface area (Å²) in [6, 6.07) is 19.8. The van der Waals surface area contributed by atoms with Crippen LogP contribution >= 0.6 is 11.3 Å². The smallest absolute Gasteiger partial charge is 0.0345 e. The van der Waals surface area contributed by atoms with Crippen molar-refractivity contribution in [1.82, 2.24) is 10.2 Å². The van der Waals surface area contributed by atoms with Crippen molar-refractivity contribution in [1.29, 1.82) is 0 Å². The molecule has 27 heavy (non-hydrogen) atoms. The molecule has 0 radical (unpaired) electrons. The van der Waals surface area contributed by atoms with Gasteiger partial charge in [-0.2, -0.15) is 0 Å². The van der Waals surface area contributed by atoms with Crippen LogP contribution in [-0.2, 0) is 6.54 Å². The normalized spacial score (nSPS) is 18.8. The number of hydrogen-bond acceptors (Lipinski definition) is 3. The molecule has 4 rings (SSSR count). The highest BCUT2D eigenvalue weighted by Gasteiger charge is 2.27. The molecule has 1 aliphatic rings. The minimum absolute atomic E-state index is 0.646. The average molecular weight is 379 g/mol. The molecule has 2 nitrogen and oxygen atoms in total. The molecule has 1 aromatic heterocycles. The predicted molar refractivity (Wildman–Crippen MR) is 118 cm³/mol. The average Bonchev–Trinajstić information content (AvgIpc) is 3.14. The number of piperidine rings is 1. The van der Waals surface area contributed by atoms with Crippen LogP contribution in [0.15, 0.2) is 60.0 Å². The van der Waals surface area contributed by atoms with Crippen LogP contribution in [0.5, 0.6) is 0 Å². The van der Waals surface area contributed by atoms with E-state index in [1.165, 1.54) is 41.5 Å². The van der Waals surface area contributed by atoms with Gasteiger partial charge < -0.3 is 10.2 Å². The molecule has 2 aromatic carbocycles. The van der Waals surface area contributed by atoms with Gasteiger partial charge in [-0.05, 0) is 85.7 Å². The second kappa shape index (κ2) is 9.01. The van der Waals surface area contributed by atoms with Gasteiger partial charge in [-0.1, -0.05) is 48.5 Å². The van der Waals surface area contributed by atoms with Gasteiger partial charge in [0.05, 0.1) is 0 Å². The third kappa shape index (κ3) is 4.60. The third-order valence-electron chi connectivity index (χ3n) is 5.93. The van der Waals surface area contributed by atoms with E-state index in [0.29, 0.717) is 5.92 Å². The predicted octanol–water partition coefficient (Wildman–Crippen LogP) is 5.51. The summed E-state index contributed by atoms with van der Waals surface area (Å²) in [6.45, 7) is 4.51. The minimum Gasteiger partial charge on any atom is -0.316 e. The van der Waals surface area contributed by atoms with E-state index in [9.17, 15) is 0 Å². The lowest BCUT2D eigenvalue weighted by molar-refractivity contribution is 0.263. The molecule has 3 heteroatoms. The van der Waals surface area contributed by atoms with Gasteiger partial charge in [0.15, 0.2) is 0 Å². The molecule has 0 bridgehead atoms. The Labute approximate surface area is 167 Å². The molecule has 1 aliphatic heterocycles. The monoisotopic (exact) mass is 378 g/mol. The number of rotatable bonds is 7. The van der Waals surface area contributed by atoms with Gasteiger partial charge in [-0.25, -0.2) is 0 Å². The van der Waals surface area contributed by atoms with Crippen LogP contribution in [0.25, 0.3) is 10.1 Å². The second-order valence-electron chi connectivity index (χ2n) is 7.91. The summed E-state index contributed by atoms with van der Waals surface area (Å²) >= 11 is 1.91. The third-order valence-corrected chi connectivity index (χ3v) is 6.91. The maximum atomic E-state index is 3.64. The Morgan fingerprint density at radius 1 is 1.11 bits per heavy atom. The van der Waals surface area contributed by atoms with Crippen molar-refractivity contribution in [2.24, 2.45) is 5.92 Å². The maximum Gasteiger partial charge on any atom is 0.0345 e. The van der Waals surface area contributed by atoms with Gasteiger partial charge >= 0.3 is 0 Å². The number of nitrogens with one attached hydrogen (secondary N) is 1. The molecular formula is C24H30N2S. The Balaban J connectivity index is 1.50. The van der Waals surface area contributed by atoms with E-state index in [0.717, 1.165) is 25.6 Å². The molecular weight excluding hydrogens is 348 g/mol. The Morgan fingerprint density at radius 2 is 1.93 bits per heavy atom. The zero-order chi connectivity index (χ0) is 18.5. The molecule has 142 valence electrons. The first kappa shape index (κ1) is 18.7. The van der Waals surface area contributed by atoms with Crippen LogP contribution < -0.4 is 5.32 Å². The molecule has 2 atom stereocenters. The van der Waals surface area contributed by atoms with Crippen molar-refractivity contribution in [3.8, 4) is 0 Å². The molecule has 0 spiro atoms. The van der Waals surface area contributed by atoms with Gasteiger partial charge in [0.2, 0.25) is 0 Å². The lowest BCUT2D eigenvalue weighted by Gasteiger charge is -2.32. The van der Waals surface area contributed by atoms with Crippen LogP contribution in [0.4, 0.5) is 0 Å². The van der Waals surface area contributed by atoms with Crippen LogP contribution in [0.3, 0.4) is 0 Å². The van der Waals surface area contributed by atoms with Crippen LogP contribution in [-0.4, -0.2) is 31.6 Å². The van der Waals surface area contributed by atoms with E-state index in [2.05, 4.69) is 77.2 Å². The fourth-order valence-electron chi connectivity index (χ4n) is 4.49.